The molecule has 1 aromatic heterocycles. The summed E-state index contributed by atoms with van der Waals surface area (Å²) in [6.45, 7) is 10.1. The number of carbonyl (C=O) groups excluding carboxylic acids is 1. The summed E-state index contributed by atoms with van der Waals surface area (Å²) in [5.74, 6) is -0.196. The van der Waals surface area contributed by atoms with Crippen molar-refractivity contribution in [3.8, 4) is 17.2 Å². The number of aryl methyl sites for hydroxylation is 1. The second-order valence-corrected chi connectivity index (χ2v) is 8.76. The van der Waals surface area contributed by atoms with E-state index in [1.165, 1.54) is 12.3 Å². The van der Waals surface area contributed by atoms with Gasteiger partial charge in [-0.25, -0.2) is 4.79 Å². The molecule has 2 N–H and O–H groups in total. The van der Waals surface area contributed by atoms with Gasteiger partial charge < -0.3 is 19.7 Å². The summed E-state index contributed by atoms with van der Waals surface area (Å²) in [5.41, 5.74) is 1.28. The molecule has 2 aromatic rings. The first-order valence-electron chi connectivity index (χ1n) is 10.3. The largest absolute Gasteiger partial charge is 0.507 e. The highest BCUT2D eigenvalue weighted by Gasteiger charge is 2.21. The second kappa shape index (κ2) is 10.3. The SMILES string of the molecule is Cc1ncc(OCCCCOc2ccc(C(=O)CC(C)(C)C)c(O)c2C)cc1C(=O)O. The molecular weight excluding hydrogens is 398 g/mol. The lowest BCUT2D eigenvalue weighted by molar-refractivity contribution is 0.0694. The van der Waals surface area contributed by atoms with Crippen molar-refractivity contribution in [1.29, 1.82) is 0 Å². The maximum atomic E-state index is 12.4. The molecule has 7 nitrogen and oxygen atoms in total. The molecule has 31 heavy (non-hydrogen) atoms. The van der Waals surface area contributed by atoms with Crippen molar-refractivity contribution in [3.05, 3.63) is 46.8 Å². The molecule has 7 heteroatoms. The van der Waals surface area contributed by atoms with Crippen LogP contribution in [0.25, 0.3) is 0 Å². The zero-order valence-electron chi connectivity index (χ0n) is 18.8. The number of rotatable bonds is 10. The molecule has 1 aromatic carbocycles. The van der Waals surface area contributed by atoms with Crippen LogP contribution in [0.5, 0.6) is 17.2 Å². The predicted octanol–water partition coefficient (Wildman–Crippen LogP) is 4.96. The van der Waals surface area contributed by atoms with Gasteiger partial charge in [0, 0.05) is 12.0 Å². The third-order valence-electron chi connectivity index (χ3n) is 4.73. The van der Waals surface area contributed by atoms with Crippen molar-refractivity contribution in [2.24, 2.45) is 5.41 Å². The van der Waals surface area contributed by atoms with E-state index in [2.05, 4.69) is 4.98 Å². The van der Waals surface area contributed by atoms with Crippen molar-refractivity contribution < 1.29 is 29.3 Å². The van der Waals surface area contributed by atoms with E-state index >= 15 is 0 Å². The molecule has 0 bridgehead atoms. The predicted molar refractivity (Wildman–Crippen MR) is 117 cm³/mol. The van der Waals surface area contributed by atoms with Gasteiger partial charge in [0.15, 0.2) is 5.78 Å². The average molecular weight is 430 g/mol. The lowest BCUT2D eigenvalue weighted by Gasteiger charge is -2.18. The molecule has 0 atom stereocenters. The number of aromatic hydroxyl groups is 1. The van der Waals surface area contributed by atoms with Crippen LogP contribution in [-0.4, -0.2) is 40.2 Å². The van der Waals surface area contributed by atoms with Crippen LogP contribution in [0.2, 0.25) is 0 Å². The molecule has 0 aliphatic rings. The van der Waals surface area contributed by atoms with E-state index in [0.717, 1.165) is 0 Å². The van der Waals surface area contributed by atoms with E-state index in [1.807, 2.05) is 20.8 Å². The second-order valence-electron chi connectivity index (χ2n) is 8.76. The first-order chi connectivity index (χ1) is 14.5. The lowest BCUT2D eigenvalue weighted by atomic mass is 9.87. The van der Waals surface area contributed by atoms with Gasteiger partial charge in [-0.1, -0.05) is 20.8 Å². The zero-order chi connectivity index (χ0) is 23.2. The Kier molecular flexibility index (Phi) is 8.02. The van der Waals surface area contributed by atoms with E-state index < -0.39 is 5.97 Å². The van der Waals surface area contributed by atoms with Gasteiger partial charge in [0.2, 0.25) is 0 Å². The quantitative estimate of drug-likeness (QED) is 0.406. The van der Waals surface area contributed by atoms with E-state index in [0.29, 0.717) is 60.8 Å². The van der Waals surface area contributed by atoms with Crippen molar-refractivity contribution in [2.45, 2.75) is 53.9 Å². The van der Waals surface area contributed by atoms with Gasteiger partial charge in [-0.15, -0.1) is 0 Å². The van der Waals surface area contributed by atoms with E-state index in [1.54, 1.807) is 26.0 Å². The Morgan fingerprint density at radius 1 is 1.03 bits per heavy atom. The topological polar surface area (TPSA) is 106 Å². The molecule has 0 aliphatic heterocycles. The van der Waals surface area contributed by atoms with Crippen molar-refractivity contribution in [3.63, 3.8) is 0 Å². The van der Waals surface area contributed by atoms with Crippen LogP contribution in [0.15, 0.2) is 24.4 Å². The van der Waals surface area contributed by atoms with E-state index in [-0.39, 0.29) is 22.5 Å². The molecule has 0 unspecified atom stereocenters. The smallest absolute Gasteiger partial charge is 0.337 e. The summed E-state index contributed by atoms with van der Waals surface area (Å²) < 4.78 is 11.3. The summed E-state index contributed by atoms with van der Waals surface area (Å²) in [7, 11) is 0. The van der Waals surface area contributed by atoms with Crippen LogP contribution in [0.4, 0.5) is 0 Å². The third kappa shape index (κ3) is 6.98. The molecule has 0 fully saturated rings. The Balaban J connectivity index is 1.82. The molecule has 1 heterocycles. The highest BCUT2D eigenvalue weighted by Crippen LogP contribution is 2.33. The number of carbonyl (C=O) groups is 2. The number of nitrogens with zero attached hydrogens (tertiary/aromatic N) is 1. The molecule has 168 valence electrons. The summed E-state index contributed by atoms with van der Waals surface area (Å²) in [6.07, 6.45) is 3.26. The Bertz CT molecular complexity index is 946. The van der Waals surface area contributed by atoms with E-state index in [4.69, 9.17) is 14.6 Å². The fourth-order valence-electron chi connectivity index (χ4n) is 3.03. The number of phenolic OH excluding ortho intramolecular Hbond substituents is 1. The standard InChI is InChI=1S/C24H31NO6/c1-15-21(9-8-18(22(15)27)20(26)13-24(3,4)5)31-11-7-6-10-30-17-12-19(23(28)29)16(2)25-14-17/h8-9,12,14,27H,6-7,10-11,13H2,1-5H3,(H,28,29). The van der Waals surface area contributed by atoms with Crippen LogP contribution in [-0.2, 0) is 0 Å². The van der Waals surface area contributed by atoms with Crippen LogP contribution in [0.1, 0.15) is 72.0 Å². The van der Waals surface area contributed by atoms with Crippen molar-refractivity contribution in [1.82, 2.24) is 4.98 Å². The number of phenols is 1. The van der Waals surface area contributed by atoms with Crippen LogP contribution in [0, 0.1) is 19.3 Å². The highest BCUT2D eigenvalue weighted by molar-refractivity contribution is 5.99. The average Bonchev–Trinajstić information content (AvgIpc) is 2.67. The zero-order valence-corrected chi connectivity index (χ0v) is 18.8. The number of carboxylic acid groups (broad SMARTS) is 1. The summed E-state index contributed by atoms with van der Waals surface area (Å²) >= 11 is 0. The van der Waals surface area contributed by atoms with Crippen molar-refractivity contribution >= 4 is 11.8 Å². The first kappa shape index (κ1) is 24.2. The number of hydrogen-bond donors (Lipinski definition) is 2. The highest BCUT2D eigenvalue weighted by atomic mass is 16.5. The first-order valence-corrected chi connectivity index (χ1v) is 10.3. The van der Waals surface area contributed by atoms with Crippen molar-refractivity contribution in [2.75, 3.05) is 13.2 Å². The Hall–Kier alpha value is -3.09. The Morgan fingerprint density at radius 3 is 2.29 bits per heavy atom. The Morgan fingerprint density at radius 2 is 1.68 bits per heavy atom. The number of Topliss-reactive ketones (excluding diaryl/α,β-unsaturated/α-hetero) is 1. The number of aromatic carboxylic acids is 1. The number of ether oxygens (including phenoxy) is 2. The summed E-state index contributed by atoms with van der Waals surface area (Å²) in [4.78, 5) is 27.6. The van der Waals surface area contributed by atoms with Gasteiger partial charge in [-0.2, -0.15) is 0 Å². The van der Waals surface area contributed by atoms with Gasteiger partial charge in [0.25, 0.3) is 0 Å². The molecule has 0 aliphatic carbocycles. The molecule has 0 amide bonds. The van der Waals surface area contributed by atoms with Gasteiger partial charge in [0.1, 0.15) is 17.2 Å². The normalized spacial score (nSPS) is 11.3. The monoisotopic (exact) mass is 429 g/mol. The minimum atomic E-state index is -1.03. The third-order valence-corrected chi connectivity index (χ3v) is 4.73. The summed E-state index contributed by atoms with van der Waals surface area (Å²) in [5, 5.41) is 19.6. The molecule has 2 rings (SSSR count). The number of hydrogen-bond acceptors (Lipinski definition) is 6. The maximum Gasteiger partial charge on any atom is 0.337 e. The van der Waals surface area contributed by atoms with Gasteiger partial charge in [0.05, 0.1) is 36.2 Å². The number of unbranched alkanes of at least 4 members (excludes halogenated alkanes) is 1. The Labute approximate surface area is 183 Å². The summed E-state index contributed by atoms with van der Waals surface area (Å²) in [6, 6.07) is 4.79. The number of ketones is 1. The molecule has 0 saturated heterocycles. The lowest BCUT2D eigenvalue weighted by Crippen LogP contribution is -2.13. The van der Waals surface area contributed by atoms with Crippen LogP contribution < -0.4 is 9.47 Å². The number of carboxylic acids is 1. The van der Waals surface area contributed by atoms with Crippen LogP contribution >= 0.6 is 0 Å². The maximum absolute atomic E-state index is 12.4. The van der Waals surface area contributed by atoms with Gasteiger partial charge in [-0.05, 0) is 50.3 Å². The minimum Gasteiger partial charge on any atom is -0.507 e. The molecular formula is C24H31NO6. The molecule has 0 saturated carbocycles. The molecule has 0 radical (unpaired) electrons. The number of aromatic nitrogens is 1. The fraction of sp³-hybridized carbons (Fsp3) is 0.458. The fourth-order valence-corrected chi connectivity index (χ4v) is 3.03. The minimum absolute atomic E-state index is 0.0313. The van der Waals surface area contributed by atoms with Gasteiger partial charge in [-0.3, -0.25) is 9.78 Å². The van der Waals surface area contributed by atoms with Gasteiger partial charge >= 0.3 is 5.97 Å². The number of benzene rings is 1. The number of pyridine rings is 1. The molecule has 0 spiro atoms. The van der Waals surface area contributed by atoms with E-state index in [9.17, 15) is 14.7 Å². The van der Waals surface area contributed by atoms with Crippen LogP contribution in [0.3, 0.4) is 0 Å².